The summed E-state index contributed by atoms with van der Waals surface area (Å²) in [5.74, 6) is 5.53. The van der Waals surface area contributed by atoms with Crippen molar-refractivity contribution in [3.8, 4) is 40.2 Å². The van der Waals surface area contributed by atoms with Gasteiger partial charge in [0, 0.05) is 38.2 Å². The lowest BCUT2D eigenvalue weighted by molar-refractivity contribution is -0.136. The number of aliphatic hydroxyl groups excluding tert-OH is 1. The smallest absolute Gasteiger partial charge is 0.307 e. The normalized spacial score (nSPS) is 10.3. The van der Waals surface area contributed by atoms with Gasteiger partial charge in [-0.25, -0.2) is 0 Å². The van der Waals surface area contributed by atoms with Crippen molar-refractivity contribution in [2.75, 3.05) is 49.8 Å². The van der Waals surface area contributed by atoms with Crippen molar-refractivity contribution in [2.24, 2.45) is 5.73 Å². The third-order valence-electron chi connectivity index (χ3n) is 17.5. The first-order valence-corrected chi connectivity index (χ1v) is 35.9. The summed E-state index contributed by atoms with van der Waals surface area (Å²) in [5.41, 5.74) is 13.3. The number of carbonyl (C=O) groups is 3. The molecule has 14 nitrogen and oxygen atoms in total. The van der Waals surface area contributed by atoms with Gasteiger partial charge in [-0.2, -0.15) is 0 Å². The van der Waals surface area contributed by atoms with Crippen LogP contribution in [0.15, 0.2) is 255 Å². The highest BCUT2D eigenvalue weighted by molar-refractivity contribution is 9.08. The van der Waals surface area contributed by atoms with Gasteiger partial charge in [-0.1, -0.05) is 189 Å². The topological polar surface area (TPSA) is 194 Å². The van der Waals surface area contributed by atoms with Gasteiger partial charge in [0.1, 0.15) is 46.0 Å². The average Bonchev–Trinajstić information content (AvgIpc) is 0.950. The Balaban J connectivity index is 0.000000174. The molecular weight excluding hydrogens is 1400 g/mol. The molecule has 0 saturated carbocycles. The van der Waals surface area contributed by atoms with E-state index in [1.807, 2.05) is 183 Å². The number of aliphatic hydroxyl groups is 1. The van der Waals surface area contributed by atoms with Crippen LogP contribution >= 0.6 is 15.9 Å². The molecule has 0 atom stereocenters. The van der Waals surface area contributed by atoms with Crippen molar-refractivity contribution < 1.29 is 57.8 Å². The Labute approximate surface area is 636 Å². The van der Waals surface area contributed by atoms with E-state index in [4.69, 9.17) is 49.1 Å². The van der Waals surface area contributed by atoms with E-state index in [9.17, 15) is 14.4 Å². The van der Waals surface area contributed by atoms with Crippen molar-refractivity contribution in [1.82, 2.24) is 5.32 Å². The summed E-state index contributed by atoms with van der Waals surface area (Å²) in [4.78, 5) is 32.8. The number of ether oxygens (including phenoxy) is 7. The Bertz CT molecular complexity index is 4730. The third-order valence-corrected chi connectivity index (χ3v) is 18.1. The molecule has 14 rings (SSSR count). The molecule has 0 aliphatic rings. The third kappa shape index (κ3) is 25.1. The number of amides is 1. The number of hydrogen-bond acceptors (Lipinski definition) is 12. The Morgan fingerprint density at radius 2 is 0.589 bits per heavy atom. The van der Waals surface area contributed by atoms with Gasteiger partial charge in [0.25, 0.3) is 0 Å². The molecule has 0 heterocycles. The number of Topliss-reactive ketones (excluding diaryl/α,β-unsaturated/α-hetero) is 1. The van der Waals surface area contributed by atoms with Crippen LogP contribution in [0.1, 0.15) is 73.6 Å². The number of alkyl halides is 1. The molecule has 0 aliphatic heterocycles. The average molecular weight is 1500 g/mol. The minimum atomic E-state index is -0.812. The zero-order valence-corrected chi connectivity index (χ0v) is 63.4. The SMILES string of the molecule is C.CCC(=O)Cc1ccc2cc(OC)ccc2c1.CCc1ccc2cc(OC)ccc2c1.COc1ccc2cc(CBr)ccc2c1.COc1ccc2cc(CC(=O)O)ccc2c1.COc1ccc2cc(CN)ccc2c1.COc1ccc2cc(CNC(C)=O)ccc2c1.COc1ccc2cc(CO)ccc2c1. The molecule has 0 fully saturated rings. The molecule has 107 heavy (non-hydrogen) atoms. The van der Waals surface area contributed by atoms with Crippen molar-refractivity contribution >= 4 is 109 Å². The van der Waals surface area contributed by atoms with E-state index in [2.05, 4.69) is 107 Å². The molecule has 15 heteroatoms. The predicted molar refractivity (Wildman–Crippen MR) is 444 cm³/mol. The molecule has 554 valence electrons. The van der Waals surface area contributed by atoms with Gasteiger partial charge in [-0.15, -0.1) is 0 Å². The first-order chi connectivity index (χ1) is 51.4. The quantitative estimate of drug-likeness (QED) is 0.0593. The fourth-order valence-electron chi connectivity index (χ4n) is 11.4. The summed E-state index contributed by atoms with van der Waals surface area (Å²) in [6, 6.07) is 84.8. The molecule has 5 N–H and O–H groups in total. The molecule has 0 radical (unpaired) electrons. The van der Waals surface area contributed by atoms with Crippen molar-refractivity contribution in [2.45, 2.75) is 78.9 Å². The monoisotopic (exact) mass is 1500 g/mol. The molecule has 0 bridgehead atoms. The van der Waals surface area contributed by atoms with Gasteiger partial charge in [-0.3, -0.25) is 14.4 Å². The van der Waals surface area contributed by atoms with Gasteiger partial charge in [-0.05, 0) is 224 Å². The maximum atomic E-state index is 11.4. The van der Waals surface area contributed by atoms with Crippen molar-refractivity contribution in [3.05, 3.63) is 294 Å². The Hall–Kier alpha value is -11.5. The lowest BCUT2D eigenvalue weighted by Gasteiger charge is -2.06. The summed E-state index contributed by atoms with van der Waals surface area (Å²) in [5, 5.41) is 37.6. The zero-order chi connectivity index (χ0) is 75.9. The molecule has 0 saturated heterocycles. The van der Waals surface area contributed by atoms with E-state index in [1.165, 1.54) is 50.4 Å². The van der Waals surface area contributed by atoms with Crippen LogP contribution < -0.4 is 44.2 Å². The summed E-state index contributed by atoms with van der Waals surface area (Å²) >= 11 is 3.45. The summed E-state index contributed by atoms with van der Waals surface area (Å²) in [6.45, 7) is 6.83. The first kappa shape index (κ1) is 82.8. The van der Waals surface area contributed by atoms with Crippen LogP contribution in [0, 0.1) is 0 Å². The number of carboxylic acids is 1. The van der Waals surface area contributed by atoms with Gasteiger partial charge >= 0.3 is 5.97 Å². The molecule has 14 aromatic carbocycles. The number of methoxy groups -OCH3 is 7. The number of aliphatic carboxylic acids is 1. The largest absolute Gasteiger partial charge is 0.497 e. The second kappa shape index (κ2) is 42.5. The number of aryl methyl sites for hydroxylation is 1. The van der Waals surface area contributed by atoms with Gasteiger partial charge < -0.3 is 54.4 Å². The van der Waals surface area contributed by atoms with E-state index in [0.717, 1.165) is 123 Å². The molecule has 0 aromatic heterocycles. The second-order valence-corrected chi connectivity index (χ2v) is 25.3. The highest BCUT2D eigenvalue weighted by Gasteiger charge is 2.08. The summed E-state index contributed by atoms with van der Waals surface area (Å²) in [6.07, 6.45) is 2.27. The highest BCUT2D eigenvalue weighted by atomic mass is 79.9. The Kier molecular flexibility index (Phi) is 32.9. The van der Waals surface area contributed by atoms with E-state index in [-0.39, 0.29) is 32.1 Å². The van der Waals surface area contributed by atoms with Crippen LogP contribution in [-0.2, 0) is 58.7 Å². The number of rotatable bonds is 18. The fraction of sp³-hybridized carbons (Fsp3) is 0.207. The lowest BCUT2D eigenvalue weighted by Crippen LogP contribution is -2.18. The number of fused-ring (bicyclic) bond motifs is 7. The Morgan fingerprint density at radius 3 is 0.879 bits per heavy atom. The standard InChI is InChI=1S/C15H16O2.C14H15NO2.C13H12O3.C13H14O.C12H11BrO.C12H13NO.C12H12O2.CH4/c1-3-14(16)9-11-4-5-13-10-15(17-2)7-6-12(13)8-11;1-10(16)15-9-11-3-4-13-8-14(17-2)6-5-12(13)7-11;1-16-12-5-4-10-6-9(7-13(14)15)2-3-11(10)8-12;1-3-10-4-5-12-9-13(14-2)7-6-11(12)8-10;3*1-14-12-5-4-10-6-9(8-13)2-3-11(10)7-12;/h4-8,10H,3,9H2,1-2H3;3-8H,9H2,1-2H3,(H,15,16);2-6,8H,7H2,1H3,(H,14,15);4-9H,3H2,1-2H3;2-7H,8H2,1H3;2-7H,8,13H2,1H3;2-7,13H,8H2,1H3;1H4. The molecule has 14 aromatic rings. The van der Waals surface area contributed by atoms with Crippen LogP contribution in [0.4, 0.5) is 0 Å². The molecular formula is C92H97BrN2O12. The number of benzene rings is 14. The highest BCUT2D eigenvalue weighted by Crippen LogP contribution is 2.29. The number of ketones is 1. The van der Waals surface area contributed by atoms with Crippen molar-refractivity contribution in [1.29, 1.82) is 0 Å². The number of carboxylic acid groups (broad SMARTS) is 1. The first-order valence-electron chi connectivity index (χ1n) is 34.8. The van der Waals surface area contributed by atoms with E-state index >= 15 is 0 Å². The number of halogens is 1. The maximum absolute atomic E-state index is 11.4. The van der Waals surface area contributed by atoms with Crippen LogP contribution in [-0.4, -0.2) is 77.6 Å². The van der Waals surface area contributed by atoms with Crippen LogP contribution in [0.2, 0.25) is 0 Å². The van der Waals surface area contributed by atoms with Crippen molar-refractivity contribution in [3.63, 3.8) is 0 Å². The van der Waals surface area contributed by atoms with E-state index in [1.54, 1.807) is 49.8 Å². The lowest BCUT2D eigenvalue weighted by atomic mass is 10.0. The number of hydrogen-bond donors (Lipinski definition) is 4. The zero-order valence-electron chi connectivity index (χ0n) is 61.8. The minimum Gasteiger partial charge on any atom is -0.497 e. The summed E-state index contributed by atoms with van der Waals surface area (Å²) in [7, 11) is 11.7. The number of nitrogens with one attached hydrogen (secondary N) is 1. The minimum absolute atomic E-state index is 0. The molecule has 0 spiro atoms. The van der Waals surface area contributed by atoms with Gasteiger partial charge in [0.15, 0.2) is 0 Å². The number of carbonyl (C=O) groups excluding carboxylic acids is 2. The van der Waals surface area contributed by atoms with Crippen LogP contribution in [0.5, 0.6) is 40.2 Å². The fourth-order valence-corrected chi connectivity index (χ4v) is 11.8. The van der Waals surface area contributed by atoms with Gasteiger partial charge in [0.05, 0.1) is 62.8 Å². The number of nitrogens with two attached hydrogens (primary N) is 1. The van der Waals surface area contributed by atoms with Crippen LogP contribution in [0.3, 0.4) is 0 Å². The van der Waals surface area contributed by atoms with Crippen LogP contribution in [0.25, 0.3) is 75.4 Å². The van der Waals surface area contributed by atoms with E-state index < -0.39 is 5.97 Å². The molecule has 0 aliphatic carbocycles. The Morgan fingerprint density at radius 1 is 0.346 bits per heavy atom. The summed E-state index contributed by atoms with van der Waals surface area (Å²) < 4.78 is 36.1. The van der Waals surface area contributed by atoms with Gasteiger partial charge in [0.2, 0.25) is 5.91 Å². The predicted octanol–water partition coefficient (Wildman–Crippen LogP) is 20.8. The van der Waals surface area contributed by atoms with E-state index in [0.29, 0.717) is 25.9 Å². The maximum Gasteiger partial charge on any atom is 0.307 e. The second-order valence-electron chi connectivity index (χ2n) is 24.7. The molecule has 1 amide bonds. The molecule has 0 unspecified atom stereocenters.